The van der Waals surface area contributed by atoms with Crippen molar-refractivity contribution in [3.8, 4) is 23.0 Å². The minimum atomic E-state index is -0.731. The van der Waals surface area contributed by atoms with Gasteiger partial charge >= 0.3 is 18.1 Å². The molecular weight excluding hydrogens is 705 g/mol. The third kappa shape index (κ3) is 8.40. The zero-order chi connectivity index (χ0) is 39.6. The lowest BCUT2D eigenvalue weighted by Gasteiger charge is -2.59. The molecule has 0 aromatic heterocycles. The fraction of sp³-hybridized carbons (Fsp3) is 0.521. The summed E-state index contributed by atoms with van der Waals surface area (Å²) >= 11 is 0. The molecule has 3 aromatic carbocycles. The molecule has 4 aliphatic rings. The summed E-state index contributed by atoms with van der Waals surface area (Å²) in [5.41, 5.74) is 1.22. The van der Waals surface area contributed by atoms with Crippen molar-refractivity contribution in [3.63, 3.8) is 0 Å². The van der Waals surface area contributed by atoms with E-state index >= 15 is 0 Å². The molecule has 0 heterocycles. The summed E-state index contributed by atoms with van der Waals surface area (Å²) in [6, 6.07) is 18.0. The van der Waals surface area contributed by atoms with Crippen LogP contribution in [0.4, 0.5) is 4.79 Å². The molecule has 8 heteroatoms. The molecule has 3 saturated carbocycles. The number of benzene rings is 3. The smallest absolute Gasteiger partial charge is 0.508 e. The molecule has 0 bridgehead atoms. The van der Waals surface area contributed by atoms with Crippen molar-refractivity contribution in [2.75, 3.05) is 0 Å². The van der Waals surface area contributed by atoms with E-state index < -0.39 is 18.1 Å². The molecule has 4 aliphatic carbocycles. The van der Waals surface area contributed by atoms with E-state index in [1.165, 1.54) is 106 Å². The monoisotopic (exact) mass is 762 g/mol. The molecule has 56 heavy (non-hydrogen) atoms. The standard InChI is InChI=1S/C48H58O8/c1-30(2)7-6-8-31(3)41-23-24-42-40-22-13-34-29-39(25-27-47(34,4)43(40)26-28-48(41,42)5)56-46(52)55-38-16-11-33(12-17-38)45(51)54-37-20-18-36(19-21-37)53-44(50)32-9-14-35(49)15-10-32/h9-22,30-31,34,39-43,49H,6-8,23-29H2,1-5H3. The molecule has 0 aliphatic heterocycles. The van der Waals surface area contributed by atoms with Crippen molar-refractivity contribution >= 4 is 18.1 Å². The quantitative estimate of drug-likeness (QED) is 0.0890. The van der Waals surface area contributed by atoms with Gasteiger partial charge < -0.3 is 24.1 Å². The Labute approximate surface area is 332 Å². The van der Waals surface area contributed by atoms with Gasteiger partial charge in [-0.1, -0.05) is 66.0 Å². The normalized spacial score (nSPS) is 29.7. The van der Waals surface area contributed by atoms with Crippen LogP contribution in [-0.2, 0) is 4.74 Å². The molecule has 0 radical (unpaired) electrons. The van der Waals surface area contributed by atoms with E-state index in [2.05, 4.69) is 46.8 Å². The number of carbonyl (C=O) groups excluding carboxylic acids is 3. The van der Waals surface area contributed by atoms with E-state index in [0.29, 0.717) is 23.2 Å². The summed E-state index contributed by atoms with van der Waals surface area (Å²) in [4.78, 5) is 38.1. The van der Waals surface area contributed by atoms with E-state index in [-0.39, 0.29) is 45.6 Å². The maximum absolute atomic E-state index is 12.9. The molecule has 3 fully saturated rings. The molecule has 7 rings (SSSR count). The zero-order valence-electron chi connectivity index (χ0n) is 33.6. The predicted molar refractivity (Wildman–Crippen MR) is 215 cm³/mol. The number of rotatable bonds is 11. The summed E-state index contributed by atoms with van der Waals surface area (Å²) in [6.07, 6.45) is 16.3. The van der Waals surface area contributed by atoms with Gasteiger partial charge in [-0.05, 0) is 170 Å². The molecule has 0 amide bonds. The van der Waals surface area contributed by atoms with Gasteiger partial charge in [0, 0.05) is 0 Å². The maximum atomic E-state index is 12.9. The minimum Gasteiger partial charge on any atom is -0.508 e. The molecule has 8 nitrogen and oxygen atoms in total. The Morgan fingerprint density at radius 2 is 1.23 bits per heavy atom. The second-order valence-corrected chi connectivity index (χ2v) is 18.0. The molecule has 1 N–H and O–H groups in total. The Hall–Kier alpha value is -4.59. The number of hydrogen-bond acceptors (Lipinski definition) is 8. The summed E-state index contributed by atoms with van der Waals surface area (Å²) in [5, 5.41) is 9.41. The fourth-order valence-corrected chi connectivity index (χ4v) is 11.1. The number of hydrogen-bond donors (Lipinski definition) is 1. The van der Waals surface area contributed by atoms with Gasteiger partial charge in [-0.25, -0.2) is 14.4 Å². The zero-order valence-corrected chi connectivity index (χ0v) is 33.6. The van der Waals surface area contributed by atoms with E-state index in [0.717, 1.165) is 42.9 Å². The van der Waals surface area contributed by atoms with Crippen molar-refractivity contribution in [1.29, 1.82) is 0 Å². The number of allylic oxidation sites excluding steroid dienone is 2. The van der Waals surface area contributed by atoms with E-state index in [9.17, 15) is 19.5 Å². The van der Waals surface area contributed by atoms with Gasteiger partial charge in [0.25, 0.3) is 0 Å². The first kappa shape index (κ1) is 39.6. The van der Waals surface area contributed by atoms with Crippen LogP contribution >= 0.6 is 0 Å². The molecule has 0 saturated heterocycles. The lowest BCUT2D eigenvalue weighted by Crippen LogP contribution is -2.52. The van der Waals surface area contributed by atoms with Crippen LogP contribution < -0.4 is 14.2 Å². The number of fused-ring (bicyclic) bond motifs is 5. The summed E-state index contributed by atoms with van der Waals surface area (Å²) < 4.78 is 22.3. The van der Waals surface area contributed by atoms with Crippen LogP contribution in [0.25, 0.3) is 0 Å². The summed E-state index contributed by atoms with van der Waals surface area (Å²) in [5.74, 6) is 4.61. The topological polar surface area (TPSA) is 108 Å². The second kappa shape index (κ2) is 16.5. The van der Waals surface area contributed by atoms with Gasteiger partial charge in [-0.15, -0.1) is 0 Å². The SMILES string of the molecule is CC(C)CCCC(C)C1CCC2C3C=CC4CC(OC(=O)Oc5ccc(C(=O)Oc6ccc(OC(=O)c7ccc(O)cc7)cc6)cc5)CCC4(C)C3CCC12C. The number of carbonyl (C=O) groups is 3. The molecule has 298 valence electrons. The summed E-state index contributed by atoms with van der Waals surface area (Å²) in [7, 11) is 0. The Balaban J connectivity index is 0.882. The van der Waals surface area contributed by atoms with Crippen LogP contribution in [0.15, 0.2) is 84.9 Å². The third-order valence-corrected chi connectivity index (χ3v) is 14.2. The van der Waals surface area contributed by atoms with Crippen molar-refractivity contribution in [2.24, 2.45) is 52.3 Å². The van der Waals surface area contributed by atoms with E-state index in [1.807, 2.05) is 0 Å². The van der Waals surface area contributed by atoms with Gasteiger partial charge in [0.1, 0.15) is 29.1 Å². The number of esters is 2. The molecule has 0 spiro atoms. The second-order valence-electron chi connectivity index (χ2n) is 18.0. The first-order chi connectivity index (χ1) is 26.8. The van der Waals surface area contributed by atoms with Crippen LogP contribution in [0.5, 0.6) is 23.0 Å². The van der Waals surface area contributed by atoms with Gasteiger partial charge in [0.15, 0.2) is 0 Å². The lowest BCUT2D eigenvalue weighted by atomic mass is 9.46. The van der Waals surface area contributed by atoms with Crippen molar-refractivity contribution < 1.29 is 38.4 Å². The van der Waals surface area contributed by atoms with Crippen molar-refractivity contribution in [1.82, 2.24) is 0 Å². The van der Waals surface area contributed by atoms with Gasteiger partial charge in [-0.2, -0.15) is 0 Å². The van der Waals surface area contributed by atoms with Crippen LogP contribution in [-0.4, -0.2) is 29.3 Å². The molecule has 9 unspecified atom stereocenters. The Kier molecular flexibility index (Phi) is 11.7. The van der Waals surface area contributed by atoms with Gasteiger partial charge in [0.05, 0.1) is 11.1 Å². The largest absolute Gasteiger partial charge is 0.514 e. The average Bonchev–Trinajstić information content (AvgIpc) is 3.53. The molecule has 9 atom stereocenters. The molecule has 3 aromatic rings. The highest BCUT2D eigenvalue weighted by molar-refractivity contribution is 5.92. The Morgan fingerprint density at radius 1 is 0.679 bits per heavy atom. The van der Waals surface area contributed by atoms with Gasteiger partial charge in [0.2, 0.25) is 0 Å². The van der Waals surface area contributed by atoms with Crippen molar-refractivity contribution in [2.45, 2.75) is 105 Å². The first-order valence-corrected chi connectivity index (χ1v) is 20.8. The van der Waals surface area contributed by atoms with Crippen molar-refractivity contribution in [3.05, 3.63) is 96.1 Å². The highest BCUT2D eigenvalue weighted by Gasteiger charge is 2.59. The average molecular weight is 763 g/mol. The summed E-state index contributed by atoms with van der Waals surface area (Å²) in [6.45, 7) is 12.4. The van der Waals surface area contributed by atoms with Crippen LogP contribution in [0.1, 0.15) is 120 Å². The number of phenolic OH excluding ortho intramolecular Hbond substituents is 1. The number of aromatic hydroxyl groups is 1. The van der Waals surface area contributed by atoms with Crippen LogP contribution in [0, 0.1) is 52.3 Å². The number of ether oxygens (including phenoxy) is 4. The Morgan fingerprint density at radius 3 is 1.86 bits per heavy atom. The van der Waals surface area contributed by atoms with Crippen LogP contribution in [0.3, 0.4) is 0 Å². The highest BCUT2D eigenvalue weighted by Crippen LogP contribution is 2.67. The van der Waals surface area contributed by atoms with E-state index in [1.54, 1.807) is 12.1 Å². The number of phenols is 1. The van der Waals surface area contributed by atoms with Crippen LogP contribution in [0.2, 0.25) is 0 Å². The predicted octanol–water partition coefficient (Wildman–Crippen LogP) is 11.6. The first-order valence-electron chi connectivity index (χ1n) is 20.8. The Bertz CT molecular complexity index is 1880. The highest BCUT2D eigenvalue weighted by atomic mass is 16.7. The lowest BCUT2D eigenvalue weighted by molar-refractivity contribution is -0.0852. The minimum absolute atomic E-state index is 0.0506. The third-order valence-electron chi connectivity index (χ3n) is 14.2. The molecular formula is C48H58O8. The van der Waals surface area contributed by atoms with Gasteiger partial charge in [-0.3, -0.25) is 0 Å². The maximum Gasteiger partial charge on any atom is 0.514 e. The van der Waals surface area contributed by atoms with E-state index in [4.69, 9.17) is 18.9 Å². The fourth-order valence-electron chi connectivity index (χ4n) is 11.1.